The predicted octanol–water partition coefficient (Wildman–Crippen LogP) is 1.74. The van der Waals surface area contributed by atoms with Gasteiger partial charge in [-0.1, -0.05) is 6.92 Å². The molecule has 0 saturated carbocycles. The van der Waals surface area contributed by atoms with E-state index in [1.54, 1.807) is 7.11 Å². The van der Waals surface area contributed by atoms with Gasteiger partial charge >= 0.3 is 0 Å². The highest BCUT2D eigenvalue weighted by molar-refractivity contribution is 5.33. The van der Waals surface area contributed by atoms with E-state index in [1.165, 1.54) is 0 Å². The molecule has 1 heterocycles. The molecule has 0 bridgehead atoms. The molecular weight excluding hydrogens is 204 g/mol. The minimum atomic E-state index is -0.108. The van der Waals surface area contributed by atoms with Crippen molar-refractivity contribution in [3.05, 3.63) is 11.3 Å². The third-order valence-electron chi connectivity index (χ3n) is 2.55. The number of hydrogen-bond donors (Lipinski definition) is 1. The molecule has 4 heteroatoms. The van der Waals surface area contributed by atoms with Crippen LogP contribution in [0.25, 0.3) is 0 Å². The smallest absolute Gasteiger partial charge is 0.215 e. The fourth-order valence-corrected chi connectivity index (χ4v) is 1.79. The summed E-state index contributed by atoms with van der Waals surface area (Å²) in [5, 5.41) is 13.6. The van der Waals surface area contributed by atoms with E-state index in [1.807, 2.05) is 4.68 Å². The number of aliphatic hydroxyl groups excluding tert-OH is 1. The van der Waals surface area contributed by atoms with Gasteiger partial charge in [0.25, 0.3) is 0 Å². The first kappa shape index (κ1) is 13.0. The zero-order valence-electron chi connectivity index (χ0n) is 10.9. The minimum Gasteiger partial charge on any atom is -0.481 e. The summed E-state index contributed by atoms with van der Waals surface area (Å²) in [6.07, 6.45) is 1.46. The van der Waals surface area contributed by atoms with Crippen LogP contribution in [0.5, 0.6) is 5.88 Å². The summed E-state index contributed by atoms with van der Waals surface area (Å²) in [4.78, 5) is 0. The van der Waals surface area contributed by atoms with Crippen molar-refractivity contribution in [2.45, 2.75) is 46.1 Å². The van der Waals surface area contributed by atoms with Crippen LogP contribution < -0.4 is 4.74 Å². The minimum absolute atomic E-state index is 0.108. The molecule has 1 rings (SSSR count). The van der Waals surface area contributed by atoms with Gasteiger partial charge in [-0.25, -0.2) is 4.68 Å². The van der Waals surface area contributed by atoms with Crippen molar-refractivity contribution in [1.82, 2.24) is 9.78 Å². The Hall–Kier alpha value is -1.03. The average Bonchev–Trinajstić information content (AvgIpc) is 2.56. The number of nitrogens with zero attached hydrogens (tertiary/aromatic N) is 2. The third-order valence-corrected chi connectivity index (χ3v) is 2.55. The lowest BCUT2D eigenvalue weighted by Crippen LogP contribution is -2.24. The highest BCUT2D eigenvalue weighted by Gasteiger charge is 2.24. The van der Waals surface area contributed by atoms with Gasteiger partial charge in [0.05, 0.1) is 18.3 Å². The van der Waals surface area contributed by atoms with Gasteiger partial charge in [0.1, 0.15) is 0 Å². The molecule has 0 amide bonds. The largest absolute Gasteiger partial charge is 0.481 e. The number of aromatic nitrogens is 2. The Morgan fingerprint density at radius 3 is 2.38 bits per heavy atom. The molecule has 0 unspecified atom stereocenters. The number of aryl methyl sites for hydroxylation is 1. The van der Waals surface area contributed by atoms with Gasteiger partial charge in [0.2, 0.25) is 5.88 Å². The molecule has 0 aromatic carbocycles. The van der Waals surface area contributed by atoms with E-state index in [2.05, 4.69) is 32.8 Å². The van der Waals surface area contributed by atoms with Crippen molar-refractivity contribution in [3.8, 4) is 5.88 Å². The summed E-state index contributed by atoms with van der Waals surface area (Å²) in [5.41, 5.74) is 1.94. The van der Waals surface area contributed by atoms with Crippen molar-refractivity contribution in [1.29, 1.82) is 0 Å². The molecule has 0 saturated heterocycles. The maximum Gasteiger partial charge on any atom is 0.215 e. The maximum absolute atomic E-state index is 9.08. The zero-order valence-corrected chi connectivity index (χ0v) is 10.9. The van der Waals surface area contributed by atoms with Crippen LogP contribution in [-0.2, 0) is 18.4 Å². The fraction of sp³-hybridized carbons (Fsp3) is 0.750. The Morgan fingerprint density at radius 2 is 2.00 bits per heavy atom. The van der Waals surface area contributed by atoms with Gasteiger partial charge in [-0.3, -0.25) is 0 Å². The van der Waals surface area contributed by atoms with E-state index in [0.717, 1.165) is 23.6 Å². The Balaban J connectivity index is 3.30. The van der Waals surface area contributed by atoms with Crippen molar-refractivity contribution < 1.29 is 9.84 Å². The fourth-order valence-electron chi connectivity index (χ4n) is 1.79. The van der Waals surface area contributed by atoms with Crippen LogP contribution in [0.3, 0.4) is 0 Å². The van der Waals surface area contributed by atoms with Crippen LogP contribution in [0.1, 0.15) is 39.0 Å². The molecule has 1 aromatic rings. The lowest BCUT2D eigenvalue weighted by molar-refractivity contribution is 0.273. The molecular formula is C12H22N2O2. The number of ether oxygens (including phenoxy) is 1. The maximum atomic E-state index is 9.08. The molecule has 1 aromatic heterocycles. The second kappa shape index (κ2) is 4.87. The van der Waals surface area contributed by atoms with Crippen molar-refractivity contribution >= 4 is 0 Å². The Labute approximate surface area is 97.2 Å². The van der Waals surface area contributed by atoms with Crippen LogP contribution in [-0.4, -0.2) is 28.6 Å². The highest BCUT2D eigenvalue weighted by atomic mass is 16.5. The quantitative estimate of drug-likeness (QED) is 0.850. The monoisotopic (exact) mass is 226 g/mol. The standard InChI is InChI=1S/C12H22N2O2/c1-6-10-9(7-8-15)11(16-5)14(13-10)12(2,3)4/h15H,6-8H2,1-5H3. The third kappa shape index (κ3) is 2.38. The summed E-state index contributed by atoms with van der Waals surface area (Å²) >= 11 is 0. The number of hydrogen-bond acceptors (Lipinski definition) is 3. The first-order valence-corrected chi connectivity index (χ1v) is 5.71. The van der Waals surface area contributed by atoms with Gasteiger partial charge < -0.3 is 9.84 Å². The van der Waals surface area contributed by atoms with Crippen LogP contribution in [0.4, 0.5) is 0 Å². The Kier molecular flexibility index (Phi) is 3.97. The molecule has 1 N–H and O–H groups in total. The normalized spacial score (nSPS) is 11.9. The summed E-state index contributed by atoms with van der Waals surface area (Å²) in [7, 11) is 1.65. The van der Waals surface area contributed by atoms with Crippen molar-refractivity contribution in [2.75, 3.05) is 13.7 Å². The first-order valence-electron chi connectivity index (χ1n) is 5.71. The zero-order chi connectivity index (χ0) is 12.3. The molecule has 4 nitrogen and oxygen atoms in total. The summed E-state index contributed by atoms with van der Waals surface area (Å²) in [6.45, 7) is 8.45. The molecule has 92 valence electrons. The van der Waals surface area contributed by atoms with Crippen LogP contribution in [0, 0.1) is 0 Å². The van der Waals surface area contributed by atoms with E-state index in [9.17, 15) is 0 Å². The SMILES string of the molecule is CCc1nn(C(C)(C)C)c(OC)c1CCO. The first-order chi connectivity index (χ1) is 7.45. The number of rotatable bonds is 4. The summed E-state index contributed by atoms with van der Waals surface area (Å²) in [6, 6.07) is 0. The summed E-state index contributed by atoms with van der Waals surface area (Å²) in [5.74, 6) is 0.776. The van der Waals surface area contributed by atoms with Crippen LogP contribution in [0.15, 0.2) is 0 Å². The van der Waals surface area contributed by atoms with Gasteiger partial charge in [-0.2, -0.15) is 5.10 Å². The highest BCUT2D eigenvalue weighted by Crippen LogP contribution is 2.29. The van der Waals surface area contributed by atoms with Gasteiger partial charge in [-0.05, 0) is 27.2 Å². The molecule has 0 aliphatic carbocycles. The molecule has 0 spiro atoms. The second-order valence-corrected chi connectivity index (χ2v) is 4.84. The Morgan fingerprint density at radius 1 is 1.38 bits per heavy atom. The molecule has 0 radical (unpaired) electrons. The summed E-state index contributed by atoms with van der Waals surface area (Å²) < 4.78 is 7.33. The average molecular weight is 226 g/mol. The van der Waals surface area contributed by atoms with E-state index in [0.29, 0.717) is 6.42 Å². The topological polar surface area (TPSA) is 47.3 Å². The van der Waals surface area contributed by atoms with E-state index < -0.39 is 0 Å². The van der Waals surface area contributed by atoms with Gasteiger partial charge in [-0.15, -0.1) is 0 Å². The second-order valence-electron chi connectivity index (χ2n) is 4.84. The van der Waals surface area contributed by atoms with Crippen LogP contribution >= 0.6 is 0 Å². The van der Waals surface area contributed by atoms with Crippen LogP contribution in [0.2, 0.25) is 0 Å². The lowest BCUT2D eigenvalue weighted by Gasteiger charge is -2.21. The molecule has 0 fully saturated rings. The van der Waals surface area contributed by atoms with E-state index >= 15 is 0 Å². The van der Waals surface area contributed by atoms with E-state index in [-0.39, 0.29) is 12.1 Å². The van der Waals surface area contributed by atoms with E-state index in [4.69, 9.17) is 9.84 Å². The lowest BCUT2D eigenvalue weighted by atomic mass is 10.1. The molecule has 0 aliphatic rings. The molecule has 0 atom stereocenters. The Bertz CT molecular complexity index is 351. The van der Waals surface area contributed by atoms with Crippen molar-refractivity contribution in [3.63, 3.8) is 0 Å². The molecule has 16 heavy (non-hydrogen) atoms. The number of methoxy groups -OCH3 is 1. The van der Waals surface area contributed by atoms with Crippen molar-refractivity contribution in [2.24, 2.45) is 0 Å². The van der Waals surface area contributed by atoms with Gasteiger partial charge in [0.15, 0.2) is 0 Å². The van der Waals surface area contributed by atoms with Gasteiger partial charge in [0, 0.05) is 18.6 Å². The number of aliphatic hydroxyl groups is 1. The predicted molar refractivity (Wildman–Crippen MR) is 63.9 cm³/mol. The molecule has 0 aliphatic heterocycles.